The Kier molecular flexibility index (Phi) is 6.33. The number of carbonyl (C=O) groups excluding carboxylic acids is 3. The first kappa shape index (κ1) is 18.8. The Morgan fingerprint density at radius 2 is 1.63 bits per heavy atom. The molecule has 6 heteroatoms. The van der Waals surface area contributed by atoms with Gasteiger partial charge in [-0.05, 0) is 36.2 Å². The van der Waals surface area contributed by atoms with Gasteiger partial charge in [0.1, 0.15) is 0 Å². The summed E-state index contributed by atoms with van der Waals surface area (Å²) >= 11 is 0. The second kappa shape index (κ2) is 9.09. The quantitative estimate of drug-likeness (QED) is 0.576. The van der Waals surface area contributed by atoms with Crippen LogP contribution in [0.5, 0.6) is 0 Å². The molecule has 0 unspecified atom stereocenters. The van der Waals surface area contributed by atoms with E-state index in [0.29, 0.717) is 37.4 Å². The van der Waals surface area contributed by atoms with Gasteiger partial charge in [0, 0.05) is 31.6 Å². The van der Waals surface area contributed by atoms with Crippen molar-refractivity contribution >= 4 is 23.4 Å². The van der Waals surface area contributed by atoms with E-state index in [1.807, 2.05) is 30.3 Å². The minimum absolute atomic E-state index is 0.191. The SMILES string of the molecule is O=C(NCCCOCc1ccccc1)c1ccc(N2C(=O)CCC2=O)cc1. The van der Waals surface area contributed by atoms with Crippen molar-refractivity contribution in [1.29, 1.82) is 0 Å². The molecule has 1 heterocycles. The van der Waals surface area contributed by atoms with Crippen molar-refractivity contribution in [3.05, 3.63) is 65.7 Å². The molecule has 0 saturated carbocycles. The molecule has 0 radical (unpaired) electrons. The van der Waals surface area contributed by atoms with Gasteiger partial charge in [0.2, 0.25) is 11.8 Å². The number of benzene rings is 2. The average Bonchev–Trinajstić information content (AvgIpc) is 3.03. The van der Waals surface area contributed by atoms with Crippen LogP contribution in [0.25, 0.3) is 0 Å². The van der Waals surface area contributed by atoms with Crippen LogP contribution >= 0.6 is 0 Å². The van der Waals surface area contributed by atoms with Crippen LogP contribution in [0.3, 0.4) is 0 Å². The van der Waals surface area contributed by atoms with E-state index in [2.05, 4.69) is 5.32 Å². The van der Waals surface area contributed by atoms with Gasteiger partial charge in [0.25, 0.3) is 5.91 Å². The molecular formula is C21H22N2O4. The third-order valence-electron chi connectivity index (χ3n) is 4.30. The van der Waals surface area contributed by atoms with Crippen LogP contribution in [0.2, 0.25) is 0 Å². The second-order valence-corrected chi connectivity index (χ2v) is 6.32. The molecule has 1 aliphatic rings. The van der Waals surface area contributed by atoms with Crippen LogP contribution in [0.1, 0.15) is 35.2 Å². The smallest absolute Gasteiger partial charge is 0.251 e. The van der Waals surface area contributed by atoms with Gasteiger partial charge in [-0.2, -0.15) is 0 Å². The average molecular weight is 366 g/mol. The number of hydrogen-bond donors (Lipinski definition) is 1. The van der Waals surface area contributed by atoms with Crippen LogP contribution < -0.4 is 10.2 Å². The van der Waals surface area contributed by atoms with Crippen LogP contribution in [0.15, 0.2) is 54.6 Å². The molecule has 1 aliphatic heterocycles. The molecular weight excluding hydrogens is 344 g/mol. The zero-order valence-electron chi connectivity index (χ0n) is 15.0. The monoisotopic (exact) mass is 366 g/mol. The molecule has 1 saturated heterocycles. The molecule has 0 spiro atoms. The van der Waals surface area contributed by atoms with Gasteiger partial charge in [0.15, 0.2) is 0 Å². The number of carbonyl (C=O) groups is 3. The summed E-state index contributed by atoms with van der Waals surface area (Å²) in [5, 5.41) is 2.84. The molecule has 0 bridgehead atoms. The lowest BCUT2D eigenvalue weighted by atomic mass is 10.2. The maximum Gasteiger partial charge on any atom is 0.251 e. The van der Waals surface area contributed by atoms with Gasteiger partial charge in [-0.25, -0.2) is 0 Å². The number of hydrogen-bond acceptors (Lipinski definition) is 4. The van der Waals surface area contributed by atoms with Crippen molar-refractivity contribution < 1.29 is 19.1 Å². The number of nitrogens with one attached hydrogen (secondary N) is 1. The number of anilines is 1. The van der Waals surface area contributed by atoms with E-state index in [-0.39, 0.29) is 30.6 Å². The lowest BCUT2D eigenvalue weighted by molar-refractivity contribution is -0.121. The number of amides is 3. The van der Waals surface area contributed by atoms with Crippen LogP contribution in [-0.4, -0.2) is 30.9 Å². The fourth-order valence-electron chi connectivity index (χ4n) is 2.87. The third-order valence-corrected chi connectivity index (χ3v) is 4.30. The Balaban J connectivity index is 1.39. The highest BCUT2D eigenvalue weighted by Crippen LogP contribution is 2.22. The summed E-state index contributed by atoms with van der Waals surface area (Å²) in [4.78, 5) is 36.8. The van der Waals surface area contributed by atoms with Crippen molar-refractivity contribution in [2.75, 3.05) is 18.1 Å². The van der Waals surface area contributed by atoms with E-state index in [0.717, 1.165) is 5.56 Å². The largest absolute Gasteiger partial charge is 0.377 e. The Morgan fingerprint density at radius 3 is 2.30 bits per heavy atom. The third kappa shape index (κ3) is 5.01. The predicted molar refractivity (Wildman–Crippen MR) is 101 cm³/mol. The zero-order valence-corrected chi connectivity index (χ0v) is 15.0. The highest BCUT2D eigenvalue weighted by Gasteiger charge is 2.30. The van der Waals surface area contributed by atoms with E-state index >= 15 is 0 Å². The van der Waals surface area contributed by atoms with E-state index < -0.39 is 0 Å². The van der Waals surface area contributed by atoms with Crippen LogP contribution in [0, 0.1) is 0 Å². The Hall–Kier alpha value is -2.99. The first-order valence-electron chi connectivity index (χ1n) is 9.01. The number of rotatable bonds is 8. The van der Waals surface area contributed by atoms with Gasteiger partial charge < -0.3 is 10.1 Å². The lowest BCUT2D eigenvalue weighted by Crippen LogP contribution is -2.29. The highest BCUT2D eigenvalue weighted by molar-refractivity contribution is 6.19. The topological polar surface area (TPSA) is 75.7 Å². The molecule has 1 N–H and O–H groups in total. The van der Waals surface area contributed by atoms with Crippen molar-refractivity contribution in [3.63, 3.8) is 0 Å². The maximum atomic E-state index is 12.2. The Bertz CT molecular complexity index is 787. The summed E-state index contributed by atoms with van der Waals surface area (Å²) in [5.74, 6) is -0.593. The molecule has 0 atom stereocenters. The van der Waals surface area contributed by atoms with Crippen molar-refractivity contribution in [3.8, 4) is 0 Å². The minimum Gasteiger partial charge on any atom is -0.377 e. The fourth-order valence-corrected chi connectivity index (χ4v) is 2.87. The second-order valence-electron chi connectivity index (χ2n) is 6.32. The molecule has 0 aromatic heterocycles. The van der Waals surface area contributed by atoms with E-state index in [1.54, 1.807) is 24.3 Å². The normalized spacial score (nSPS) is 13.9. The highest BCUT2D eigenvalue weighted by atomic mass is 16.5. The summed E-state index contributed by atoms with van der Waals surface area (Å²) in [6.45, 7) is 1.63. The van der Waals surface area contributed by atoms with Crippen LogP contribution in [0.4, 0.5) is 5.69 Å². The predicted octanol–water partition coefficient (Wildman–Crippen LogP) is 2.68. The zero-order chi connectivity index (χ0) is 19.1. The molecule has 1 fully saturated rings. The molecule has 140 valence electrons. The molecule has 2 aromatic carbocycles. The molecule has 3 rings (SSSR count). The number of imide groups is 1. The van der Waals surface area contributed by atoms with Gasteiger partial charge in [-0.15, -0.1) is 0 Å². The van der Waals surface area contributed by atoms with E-state index in [1.165, 1.54) is 4.90 Å². The first-order valence-corrected chi connectivity index (χ1v) is 9.01. The summed E-state index contributed by atoms with van der Waals surface area (Å²) in [7, 11) is 0. The summed E-state index contributed by atoms with van der Waals surface area (Å²) in [6, 6.07) is 16.4. The van der Waals surface area contributed by atoms with Gasteiger partial charge >= 0.3 is 0 Å². The molecule has 6 nitrogen and oxygen atoms in total. The fraction of sp³-hybridized carbons (Fsp3) is 0.286. The van der Waals surface area contributed by atoms with Crippen molar-refractivity contribution in [1.82, 2.24) is 5.32 Å². The Morgan fingerprint density at radius 1 is 0.963 bits per heavy atom. The van der Waals surface area contributed by atoms with E-state index in [4.69, 9.17) is 4.74 Å². The van der Waals surface area contributed by atoms with E-state index in [9.17, 15) is 14.4 Å². The van der Waals surface area contributed by atoms with Gasteiger partial charge in [-0.3, -0.25) is 19.3 Å². The molecule has 0 aliphatic carbocycles. The first-order chi connectivity index (χ1) is 13.1. The Labute approximate surface area is 158 Å². The van der Waals surface area contributed by atoms with Gasteiger partial charge in [-0.1, -0.05) is 30.3 Å². The lowest BCUT2D eigenvalue weighted by Gasteiger charge is -2.14. The molecule has 27 heavy (non-hydrogen) atoms. The summed E-state index contributed by atoms with van der Waals surface area (Å²) in [5.41, 5.74) is 2.12. The molecule has 2 aromatic rings. The minimum atomic E-state index is -0.201. The van der Waals surface area contributed by atoms with Crippen molar-refractivity contribution in [2.24, 2.45) is 0 Å². The number of nitrogens with zero attached hydrogens (tertiary/aromatic N) is 1. The molecule has 3 amide bonds. The van der Waals surface area contributed by atoms with Crippen LogP contribution in [-0.2, 0) is 20.9 Å². The van der Waals surface area contributed by atoms with Crippen molar-refractivity contribution in [2.45, 2.75) is 25.9 Å². The summed E-state index contributed by atoms with van der Waals surface area (Å²) < 4.78 is 5.58. The maximum absolute atomic E-state index is 12.2. The summed E-state index contributed by atoms with van der Waals surface area (Å²) in [6.07, 6.45) is 1.20. The number of ether oxygens (including phenoxy) is 1. The standard InChI is InChI=1S/C21H22N2O4/c24-19-11-12-20(25)23(19)18-9-7-17(8-10-18)21(26)22-13-4-14-27-15-16-5-2-1-3-6-16/h1-3,5-10H,4,11-15H2,(H,22,26). The van der Waals surface area contributed by atoms with Gasteiger partial charge in [0.05, 0.1) is 12.3 Å².